The molecule has 0 aromatic heterocycles. The Morgan fingerprint density at radius 3 is 2.67 bits per heavy atom. The van der Waals surface area contributed by atoms with Crippen molar-refractivity contribution in [2.45, 2.75) is 12.8 Å². The lowest BCUT2D eigenvalue weighted by Crippen LogP contribution is -2.10. The second-order valence-corrected chi connectivity index (χ2v) is 3.90. The molecule has 1 aromatic rings. The van der Waals surface area contributed by atoms with Gasteiger partial charge >= 0.3 is 11.9 Å². The van der Waals surface area contributed by atoms with Crippen LogP contribution in [0.25, 0.3) is 0 Å². The lowest BCUT2D eigenvalue weighted by atomic mass is 9.98. The third kappa shape index (κ3) is 2.18. The molecule has 1 heterocycles. The SMILES string of the molecule is O=C1CC(Cc2ccccc2Cl)C(=O)O1. The van der Waals surface area contributed by atoms with E-state index in [4.69, 9.17) is 11.6 Å². The van der Waals surface area contributed by atoms with Crippen LogP contribution in [0.3, 0.4) is 0 Å². The molecular formula is C11H9ClO3. The van der Waals surface area contributed by atoms with Gasteiger partial charge in [-0.05, 0) is 18.1 Å². The zero-order valence-corrected chi connectivity index (χ0v) is 8.66. The third-order valence-corrected chi connectivity index (χ3v) is 2.75. The summed E-state index contributed by atoms with van der Waals surface area (Å²) in [7, 11) is 0. The van der Waals surface area contributed by atoms with Gasteiger partial charge < -0.3 is 4.74 Å². The Morgan fingerprint density at radius 2 is 2.07 bits per heavy atom. The number of cyclic esters (lactones) is 2. The summed E-state index contributed by atoms with van der Waals surface area (Å²) in [5.41, 5.74) is 0.871. The van der Waals surface area contributed by atoms with Crippen molar-refractivity contribution in [1.29, 1.82) is 0 Å². The molecule has 15 heavy (non-hydrogen) atoms. The van der Waals surface area contributed by atoms with Gasteiger partial charge in [0, 0.05) is 5.02 Å². The van der Waals surface area contributed by atoms with Crippen molar-refractivity contribution in [1.82, 2.24) is 0 Å². The number of carbonyl (C=O) groups excluding carboxylic acids is 2. The zero-order valence-electron chi connectivity index (χ0n) is 7.90. The number of rotatable bonds is 2. The number of benzene rings is 1. The van der Waals surface area contributed by atoms with Crippen LogP contribution < -0.4 is 0 Å². The normalized spacial score (nSPS) is 20.5. The lowest BCUT2D eigenvalue weighted by Gasteiger charge is -2.05. The van der Waals surface area contributed by atoms with Gasteiger partial charge in [-0.15, -0.1) is 0 Å². The van der Waals surface area contributed by atoms with Gasteiger partial charge in [-0.25, -0.2) is 0 Å². The molecule has 0 spiro atoms. The van der Waals surface area contributed by atoms with Gasteiger partial charge in [0.2, 0.25) is 0 Å². The molecule has 1 aromatic carbocycles. The first-order valence-electron chi connectivity index (χ1n) is 4.65. The number of halogens is 1. The summed E-state index contributed by atoms with van der Waals surface area (Å²) in [6, 6.07) is 7.28. The standard InChI is InChI=1S/C11H9ClO3/c12-9-4-2-1-3-7(9)5-8-6-10(13)15-11(8)14/h1-4,8H,5-6H2. The predicted octanol–water partition coefficient (Wildman–Crippen LogP) is 1.97. The molecule has 0 saturated carbocycles. The lowest BCUT2D eigenvalue weighted by molar-refractivity contribution is -0.153. The molecule has 1 saturated heterocycles. The van der Waals surface area contributed by atoms with E-state index in [1.165, 1.54) is 0 Å². The monoisotopic (exact) mass is 224 g/mol. The van der Waals surface area contributed by atoms with Crippen molar-refractivity contribution >= 4 is 23.5 Å². The fourth-order valence-electron chi connectivity index (χ4n) is 1.61. The minimum absolute atomic E-state index is 0.157. The molecule has 78 valence electrons. The average molecular weight is 225 g/mol. The van der Waals surface area contributed by atoms with Crippen molar-refractivity contribution in [2.75, 3.05) is 0 Å². The molecule has 4 heteroatoms. The highest BCUT2D eigenvalue weighted by Gasteiger charge is 2.33. The summed E-state index contributed by atoms with van der Waals surface area (Å²) in [5.74, 6) is -1.27. The highest BCUT2D eigenvalue weighted by atomic mass is 35.5. The van der Waals surface area contributed by atoms with E-state index >= 15 is 0 Å². The molecule has 0 N–H and O–H groups in total. The van der Waals surface area contributed by atoms with Gasteiger partial charge in [-0.2, -0.15) is 0 Å². The van der Waals surface area contributed by atoms with E-state index in [9.17, 15) is 9.59 Å². The average Bonchev–Trinajstić information content (AvgIpc) is 2.49. The highest BCUT2D eigenvalue weighted by molar-refractivity contribution is 6.31. The quantitative estimate of drug-likeness (QED) is 0.570. The third-order valence-electron chi connectivity index (χ3n) is 2.38. The van der Waals surface area contributed by atoms with Crippen molar-refractivity contribution in [2.24, 2.45) is 5.92 Å². The largest absolute Gasteiger partial charge is 0.393 e. The molecule has 1 atom stereocenters. The van der Waals surface area contributed by atoms with E-state index in [0.717, 1.165) is 5.56 Å². The van der Waals surface area contributed by atoms with Crippen LogP contribution in [-0.2, 0) is 20.7 Å². The molecule has 0 bridgehead atoms. The van der Waals surface area contributed by atoms with Crippen LogP contribution in [-0.4, -0.2) is 11.9 Å². The minimum atomic E-state index is -0.447. The second-order valence-electron chi connectivity index (χ2n) is 3.49. The molecule has 1 aliphatic heterocycles. The Balaban J connectivity index is 2.13. The van der Waals surface area contributed by atoms with Crippen molar-refractivity contribution in [3.05, 3.63) is 34.9 Å². The Labute approximate surface area is 92.0 Å². The van der Waals surface area contributed by atoms with Gasteiger partial charge in [0.15, 0.2) is 0 Å². The molecular weight excluding hydrogens is 216 g/mol. The van der Waals surface area contributed by atoms with Crippen LogP contribution in [0.1, 0.15) is 12.0 Å². The molecule has 0 amide bonds. The van der Waals surface area contributed by atoms with Crippen LogP contribution in [0.4, 0.5) is 0 Å². The van der Waals surface area contributed by atoms with E-state index in [1.807, 2.05) is 18.2 Å². The van der Waals surface area contributed by atoms with E-state index in [0.29, 0.717) is 11.4 Å². The number of hydrogen-bond donors (Lipinski definition) is 0. The summed E-state index contributed by atoms with van der Waals surface area (Å²) < 4.78 is 4.46. The Morgan fingerprint density at radius 1 is 1.33 bits per heavy atom. The molecule has 0 radical (unpaired) electrons. The summed E-state index contributed by atoms with van der Waals surface area (Å²) in [6.07, 6.45) is 0.619. The predicted molar refractivity (Wildman–Crippen MR) is 54.4 cm³/mol. The number of ether oxygens (including phenoxy) is 1. The van der Waals surface area contributed by atoms with Gasteiger partial charge in [0.05, 0.1) is 12.3 Å². The van der Waals surface area contributed by atoms with Gasteiger partial charge in [-0.3, -0.25) is 9.59 Å². The summed E-state index contributed by atoms with van der Waals surface area (Å²) >= 11 is 5.95. The maximum atomic E-state index is 11.2. The maximum Gasteiger partial charge on any atom is 0.317 e. The zero-order chi connectivity index (χ0) is 10.8. The Hall–Kier alpha value is -1.35. The van der Waals surface area contributed by atoms with E-state index in [-0.39, 0.29) is 12.3 Å². The summed E-state index contributed by atoms with van der Waals surface area (Å²) in [5, 5.41) is 0.615. The Bertz CT molecular complexity index is 414. The van der Waals surface area contributed by atoms with Gasteiger partial charge in [0.1, 0.15) is 0 Å². The van der Waals surface area contributed by atoms with E-state index in [1.54, 1.807) is 6.07 Å². The van der Waals surface area contributed by atoms with Crippen LogP contribution in [0.15, 0.2) is 24.3 Å². The number of carbonyl (C=O) groups is 2. The first kappa shape index (κ1) is 10.2. The molecule has 2 rings (SSSR count). The fourth-order valence-corrected chi connectivity index (χ4v) is 1.82. The molecule has 1 aliphatic rings. The Kier molecular flexibility index (Phi) is 2.73. The van der Waals surface area contributed by atoms with Gasteiger partial charge in [0.25, 0.3) is 0 Å². The van der Waals surface area contributed by atoms with Gasteiger partial charge in [-0.1, -0.05) is 29.8 Å². The first-order chi connectivity index (χ1) is 7.16. The van der Waals surface area contributed by atoms with E-state index < -0.39 is 11.9 Å². The highest BCUT2D eigenvalue weighted by Crippen LogP contribution is 2.24. The van der Waals surface area contributed by atoms with Crippen LogP contribution in [0.5, 0.6) is 0 Å². The van der Waals surface area contributed by atoms with Crippen LogP contribution >= 0.6 is 11.6 Å². The van der Waals surface area contributed by atoms with Crippen molar-refractivity contribution < 1.29 is 14.3 Å². The van der Waals surface area contributed by atoms with Crippen molar-refractivity contribution in [3.8, 4) is 0 Å². The number of esters is 2. The first-order valence-corrected chi connectivity index (χ1v) is 5.02. The summed E-state index contributed by atoms with van der Waals surface area (Å²) in [6.45, 7) is 0. The molecule has 0 aliphatic carbocycles. The van der Waals surface area contributed by atoms with Crippen LogP contribution in [0, 0.1) is 5.92 Å². The summed E-state index contributed by atoms with van der Waals surface area (Å²) in [4.78, 5) is 22.1. The smallest absolute Gasteiger partial charge is 0.317 e. The topological polar surface area (TPSA) is 43.4 Å². The number of hydrogen-bond acceptors (Lipinski definition) is 3. The fraction of sp³-hybridized carbons (Fsp3) is 0.273. The molecule has 3 nitrogen and oxygen atoms in total. The van der Waals surface area contributed by atoms with E-state index in [2.05, 4.69) is 4.74 Å². The van der Waals surface area contributed by atoms with Crippen LogP contribution in [0.2, 0.25) is 5.02 Å². The maximum absolute atomic E-state index is 11.2. The molecule has 1 unspecified atom stereocenters. The van der Waals surface area contributed by atoms with Crippen molar-refractivity contribution in [3.63, 3.8) is 0 Å². The minimum Gasteiger partial charge on any atom is -0.393 e. The molecule has 1 fully saturated rings. The second kappa shape index (κ2) is 4.03.